The van der Waals surface area contributed by atoms with Crippen LogP contribution in [0.15, 0.2) is 41.1 Å². The molecule has 4 nitrogen and oxygen atoms in total. The van der Waals surface area contributed by atoms with Gasteiger partial charge in [0.25, 0.3) is 0 Å². The van der Waals surface area contributed by atoms with Gasteiger partial charge in [0.05, 0.1) is 12.8 Å². The highest BCUT2D eigenvalue weighted by Gasteiger charge is 2.07. The van der Waals surface area contributed by atoms with E-state index in [0.717, 1.165) is 11.1 Å². The average Bonchev–Trinajstić information content (AvgIpc) is 2.72. The van der Waals surface area contributed by atoms with Crippen LogP contribution in [0.1, 0.15) is 5.56 Å². The van der Waals surface area contributed by atoms with Gasteiger partial charge in [-0.05, 0) is 11.6 Å². The lowest BCUT2D eigenvalue weighted by atomic mass is 10.1. The molecule has 0 bridgehead atoms. The SMILES string of the molecule is NOCc1ccccc1-c1ncco1. The highest BCUT2D eigenvalue weighted by atomic mass is 16.6. The Morgan fingerprint density at radius 1 is 1.36 bits per heavy atom. The Balaban J connectivity index is 2.42. The fourth-order valence-electron chi connectivity index (χ4n) is 1.30. The molecule has 0 aliphatic rings. The van der Waals surface area contributed by atoms with Crippen molar-refractivity contribution in [1.82, 2.24) is 4.98 Å². The van der Waals surface area contributed by atoms with Crippen molar-refractivity contribution in [3.8, 4) is 11.5 Å². The van der Waals surface area contributed by atoms with Crippen LogP contribution in [0.2, 0.25) is 0 Å². The number of rotatable bonds is 3. The second-order valence-electron chi connectivity index (χ2n) is 2.81. The monoisotopic (exact) mass is 190 g/mol. The lowest BCUT2D eigenvalue weighted by Gasteiger charge is -2.03. The van der Waals surface area contributed by atoms with Crippen LogP contribution in [0.3, 0.4) is 0 Å². The third kappa shape index (κ3) is 1.66. The van der Waals surface area contributed by atoms with Crippen molar-refractivity contribution in [2.45, 2.75) is 6.61 Å². The van der Waals surface area contributed by atoms with Gasteiger partial charge in [-0.1, -0.05) is 18.2 Å². The summed E-state index contributed by atoms with van der Waals surface area (Å²) in [6.07, 6.45) is 3.14. The number of benzene rings is 1. The molecule has 2 N–H and O–H groups in total. The van der Waals surface area contributed by atoms with Gasteiger partial charge in [-0.3, -0.25) is 4.84 Å². The molecule has 72 valence electrons. The third-order valence-electron chi connectivity index (χ3n) is 1.92. The molecule has 0 aliphatic carbocycles. The quantitative estimate of drug-likeness (QED) is 0.749. The molecule has 14 heavy (non-hydrogen) atoms. The van der Waals surface area contributed by atoms with Gasteiger partial charge >= 0.3 is 0 Å². The zero-order valence-electron chi connectivity index (χ0n) is 7.51. The Hall–Kier alpha value is -1.65. The van der Waals surface area contributed by atoms with Gasteiger partial charge in [0.15, 0.2) is 0 Å². The van der Waals surface area contributed by atoms with Crippen molar-refractivity contribution in [3.05, 3.63) is 42.3 Å². The van der Waals surface area contributed by atoms with E-state index in [4.69, 9.17) is 10.3 Å². The minimum absolute atomic E-state index is 0.346. The van der Waals surface area contributed by atoms with Crippen LogP contribution in [-0.4, -0.2) is 4.98 Å². The molecule has 1 heterocycles. The van der Waals surface area contributed by atoms with E-state index in [1.807, 2.05) is 24.3 Å². The zero-order chi connectivity index (χ0) is 9.80. The van der Waals surface area contributed by atoms with E-state index in [1.165, 1.54) is 6.26 Å². The number of hydrogen-bond donors (Lipinski definition) is 1. The molecule has 0 saturated carbocycles. The topological polar surface area (TPSA) is 61.3 Å². The minimum Gasteiger partial charge on any atom is -0.445 e. The Labute approximate surface area is 81.3 Å². The van der Waals surface area contributed by atoms with E-state index < -0.39 is 0 Å². The maximum absolute atomic E-state index is 5.20. The number of aromatic nitrogens is 1. The lowest BCUT2D eigenvalue weighted by Crippen LogP contribution is -2.00. The maximum Gasteiger partial charge on any atom is 0.226 e. The normalized spacial score (nSPS) is 10.4. The van der Waals surface area contributed by atoms with Crippen molar-refractivity contribution in [3.63, 3.8) is 0 Å². The zero-order valence-corrected chi connectivity index (χ0v) is 7.51. The molecule has 0 spiro atoms. The van der Waals surface area contributed by atoms with E-state index >= 15 is 0 Å². The van der Waals surface area contributed by atoms with Crippen LogP contribution in [0.5, 0.6) is 0 Å². The first-order valence-corrected chi connectivity index (χ1v) is 4.21. The Morgan fingerprint density at radius 2 is 2.21 bits per heavy atom. The number of nitrogens with two attached hydrogens (primary N) is 1. The third-order valence-corrected chi connectivity index (χ3v) is 1.92. The predicted octanol–water partition coefficient (Wildman–Crippen LogP) is 1.73. The van der Waals surface area contributed by atoms with Gasteiger partial charge in [0.2, 0.25) is 5.89 Å². The second kappa shape index (κ2) is 4.04. The number of hydrogen-bond acceptors (Lipinski definition) is 4. The first-order valence-electron chi connectivity index (χ1n) is 4.21. The fraction of sp³-hybridized carbons (Fsp3) is 0.100. The van der Waals surface area contributed by atoms with Gasteiger partial charge in [0, 0.05) is 5.56 Å². The molecule has 0 amide bonds. The van der Waals surface area contributed by atoms with E-state index in [-0.39, 0.29) is 0 Å². The van der Waals surface area contributed by atoms with Crippen LogP contribution in [0.25, 0.3) is 11.5 Å². The molecule has 2 rings (SSSR count). The predicted molar refractivity (Wildman–Crippen MR) is 50.9 cm³/mol. The summed E-state index contributed by atoms with van der Waals surface area (Å²) in [5.74, 6) is 5.61. The summed E-state index contributed by atoms with van der Waals surface area (Å²) in [5.41, 5.74) is 1.86. The van der Waals surface area contributed by atoms with E-state index in [2.05, 4.69) is 9.82 Å². The fourth-order valence-corrected chi connectivity index (χ4v) is 1.30. The van der Waals surface area contributed by atoms with Gasteiger partial charge in [-0.2, -0.15) is 0 Å². The van der Waals surface area contributed by atoms with Crippen molar-refractivity contribution in [2.75, 3.05) is 0 Å². The van der Waals surface area contributed by atoms with Gasteiger partial charge in [0.1, 0.15) is 6.26 Å². The van der Waals surface area contributed by atoms with Gasteiger partial charge in [-0.25, -0.2) is 10.9 Å². The molecular formula is C10H10N2O2. The van der Waals surface area contributed by atoms with Gasteiger partial charge < -0.3 is 4.42 Å². The van der Waals surface area contributed by atoms with Gasteiger partial charge in [-0.15, -0.1) is 0 Å². The summed E-state index contributed by atoms with van der Waals surface area (Å²) in [6.45, 7) is 0.346. The van der Waals surface area contributed by atoms with E-state index in [9.17, 15) is 0 Å². The molecule has 1 aromatic heterocycles. The first-order chi connectivity index (χ1) is 6.92. The lowest BCUT2D eigenvalue weighted by molar-refractivity contribution is 0.124. The largest absolute Gasteiger partial charge is 0.445 e. The summed E-state index contributed by atoms with van der Waals surface area (Å²) in [4.78, 5) is 8.66. The Morgan fingerprint density at radius 3 is 2.93 bits per heavy atom. The molecule has 0 radical (unpaired) electrons. The highest BCUT2D eigenvalue weighted by molar-refractivity contribution is 5.58. The summed E-state index contributed by atoms with van der Waals surface area (Å²) in [5, 5.41) is 0. The molecular weight excluding hydrogens is 180 g/mol. The van der Waals surface area contributed by atoms with Crippen molar-refractivity contribution >= 4 is 0 Å². The summed E-state index contributed by atoms with van der Waals surface area (Å²) >= 11 is 0. The minimum atomic E-state index is 0.346. The van der Waals surface area contributed by atoms with E-state index in [0.29, 0.717) is 12.5 Å². The molecule has 0 atom stereocenters. The van der Waals surface area contributed by atoms with Crippen molar-refractivity contribution in [1.29, 1.82) is 0 Å². The van der Waals surface area contributed by atoms with Crippen LogP contribution in [-0.2, 0) is 11.4 Å². The van der Waals surface area contributed by atoms with Crippen LogP contribution >= 0.6 is 0 Å². The van der Waals surface area contributed by atoms with Crippen LogP contribution in [0.4, 0.5) is 0 Å². The molecule has 0 aliphatic heterocycles. The first kappa shape index (κ1) is 8.93. The number of nitrogens with zero attached hydrogens (tertiary/aromatic N) is 1. The average molecular weight is 190 g/mol. The molecule has 0 saturated heterocycles. The van der Waals surface area contributed by atoms with Crippen molar-refractivity contribution in [2.24, 2.45) is 5.90 Å². The van der Waals surface area contributed by atoms with E-state index in [1.54, 1.807) is 6.20 Å². The number of oxazole rings is 1. The summed E-state index contributed by atoms with van der Waals surface area (Å²) in [7, 11) is 0. The second-order valence-corrected chi connectivity index (χ2v) is 2.81. The van der Waals surface area contributed by atoms with Crippen molar-refractivity contribution < 1.29 is 9.25 Å². The Bertz CT molecular complexity index is 398. The highest BCUT2D eigenvalue weighted by Crippen LogP contribution is 2.21. The maximum atomic E-state index is 5.20. The Kier molecular flexibility index (Phi) is 2.58. The molecule has 1 aromatic carbocycles. The summed E-state index contributed by atoms with van der Waals surface area (Å²) in [6, 6.07) is 7.67. The van der Waals surface area contributed by atoms with Crippen LogP contribution in [0, 0.1) is 0 Å². The molecule has 0 unspecified atom stereocenters. The molecule has 0 fully saturated rings. The molecule has 4 heteroatoms. The summed E-state index contributed by atoms with van der Waals surface area (Å²) < 4.78 is 5.20. The smallest absolute Gasteiger partial charge is 0.226 e. The molecule has 2 aromatic rings. The standard InChI is InChI=1S/C10H10N2O2/c11-14-7-8-3-1-2-4-9(8)10-12-5-6-13-10/h1-6H,7,11H2. The van der Waals surface area contributed by atoms with Crippen LogP contribution < -0.4 is 5.90 Å².